The smallest absolute Gasteiger partial charge is 0.320 e. The SMILES string of the molecule is CC(=O)/C=C/[C@H](C[C@@H]1CCNC1=O)NC(=O)[C@H](C)NC(=O)c1ccc(C)[nH]1.CN[C@@H](C)C(=O)N[C@H](/C=C/C(C)=O)C[C@@H]1CCNC1=O.CN[C@@H](C)C(=O)O.CN[C@H](/C=C/C(C)=O)C[C@@H]1CCNC1=O.Cc1ccc(C(=O)Cl)[nH]1. The first-order valence-corrected chi connectivity index (χ1v) is 26.2. The molecule has 24 heteroatoms. The summed E-state index contributed by atoms with van der Waals surface area (Å²) in [6, 6.07) is 4.68. The predicted molar refractivity (Wildman–Crippen MR) is 296 cm³/mol. The van der Waals surface area contributed by atoms with Crippen molar-refractivity contribution in [1.82, 2.24) is 57.8 Å². The van der Waals surface area contributed by atoms with Gasteiger partial charge in [-0.25, -0.2) is 0 Å². The summed E-state index contributed by atoms with van der Waals surface area (Å²) in [6.45, 7) is 15.1. The van der Waals surface area contributed by atoms with Gasteiger partial charge in [0.15, 0.2) is 17.3 Å². The van der Waals surface area contributed by atoms with E-state index >= 15 is 0 Å². The maximum atomic E-state index is 12.5. The van der Waals surface area contributed by atoms with Crippen molar-refractivity contribution < 1.29 is 57.8 Å². The van der Waals surface area contributed by atoms with Gasteiger partial charge in [-0.3, -0.25) is 52.7 Å². The number of carbonyl (C=O) groups excluding carboxylic acids is 10. The second-order valence-corrected chi connectivity index (χ2v) is 19.4. The fourth-order valence-corrected chi connectivity index (χ4v) is 7.52. The molecule has 0 saturated carbocycles. The Morgan fingerprint density at radius 3 is 1.18 bits per heavy atom. The monoisotopic (exact) mass is 1110 g/mol. The van der Waals surface area contributed by atoms with Crippen molar-refractivity contribution in [3.05, 3.63) is 83.5 Å². The lowest BCUT2D eigenvalue weighted by molar-refractivity contribution is -0.139. The molecule has 23 nitrogen and oxygen atoms in total. The lowest BCUT2D eigenvalue weighted by Crippen LogP contribution is -2.48. The Bertz CT molecular complexity index is 2430. The second-order valence-electron chi connectivity index (χ2n) is 19.0. The van der Waals surface area contributed by atoms with Crippen molar-refractivity contribution in [3.63, 3.8) is 0 Å². The van der Waals surface area contributed by atoms with E-state index in [2.05, 4.69) is 57.8 Å². The van der Waals surface area contributed by atoms with Gasteiger partial charge >= 0.3 is 5.97 Å². The van der Waals surface area contributed by atoms with Crippen LogP contribution in [0.25, 0.3) is 0 Å². The van der Waals surface area contributed by atoms with Crippen LogP contribution in [0.4, 0.5) is 0 Å². The number of hydrogen-bond donors (Lipinski definition) is 12. The van der Waals surface area contributed by atoms with Crippen LogP contribution in [-0.2, 0) is 43.2 Å². The van der Waals surface area contributed by atoms with Crippen molar-refractivity contribution in [2.24, 2.45) is 17.8 Å². The molecule has 5 rings (SSSR count). The maximum Gasteiger partial charge on any atom is 0.320 e. The Kier molecular flexibility index (Phi) is 32.6. The number of carboxylic acids is 1. The Balaban J connectivity index is 0.000000525. The number of carboxylic acid groups (broad SMARTS) is 1. The van der Waals surface area contributed by atoms with Crippen LogP contribution in [0.3, 0.4) is 0 Å². The number of aromatic amines is 2. The highest BCUT2D eigenvalue weighted by atomic mass is 35.5. The third-order valence-corrected chi connectivity index (χ3v) is 12.5. The minimum atomic E-state index is -0.817. The highest BCUT2D eigenvalue weighted by molar-refractivity contribution is 6.67. The standard InChI is InChI=1S/C19H26N4O4.C14H23N3O3.C11H18N2O2.C6H6ClNO.C4H9NO2/c1-11-4-7-16(21-11)19(27)22-13(3)17(25)23-15(6-5-12(2)24)10-14-8-9-20-18(14)26;1-9(18)4-5-12(17-13(19)10(2)15-3)8-11-6-7-16-14(11)20;1-8(14)3-4-10(12-2)7-9-5-6-13-11(9)15;1-4-2-3-5(8-4)6(7)9;1-3(5-2)4(6)7/h4-7,13-15,21H,8-10H2,1-3H3,(H,20,26)(H,22,27)(H,23,25);4-5,10-12,15H,6-8H2,1-3H3,(H,16,20)(H,17,19);3-4,9-10,12H,5-7H2,1-2H3,(H,13,15);2-3,8H,1H3;3,5H,1-2H3,(H,6,7)/b6-5+;5-4+;4-3+;;/t13-,14-,15+;10-,11-,12+;9-,10+;;3-/m000.0/s1. The molecule has 0 radical (unpaired) electrons. The molecule has 2 aromatic heterocycles. The molecule has 0 spiro atoms. The molecule has 432 valence electrons. The largest absolute Gasteiger partial charge is 0.480 e. The molecule has 0 aromatic carbocycles. The molecule has 6 amide bonds. The first-order chi connectivity index (χ1) is 36.7. The third kappa shape index (κ3) is 28.3. The number of aliphatic carboxylic acids is 1. The van der Waals surface area contributed by atoms with Gasteiger partial charge in [0.2, 0.25) is 29.5 Å². The van der Waals surface area contributed by atoms with Crippen molar-refractivity contribution >= 4 is 75.6 Å². The van der Waals surface area contributed by atoms with E-state index < -0.39 is 29.3 Å². The maximum absolute atomic E-state index is 12.5. The van der Waals surface area contributed by atoms with Gasteiger partial charge in [0, 0.05) is 66.9 Å². The van der Waals surface area contributed by atoms with Crippen LogP contribution in [0.2, 0.25) is 0 Å². The van der Waals surface area contributed by atoms with Crippen LogP contribution in [0, 0.1) is 31.6 Å². The third-order valence-electron chi connectivity index (χ3n) is 12.3. The number of halogens is 1. The molecule has 9 atom stereocenters. The highest BCUT2D eigenvalue weighted by Crippen LogP contribution is 2.19. The van der Waals surface area contributed by atoms with Crippen LogP contribution < -0.4 is 47.9 Å². The van der Waals surface area contributed by atoms with Crippen molar-refractivity contribution in [1.29, 1.82) is 0 Å². The van der Waals surface area contributed by atoms with Crippen LogP contribution in [0.5, 0.6) is 0 Å². The Labute approximate surface area is 461 Å². The number of carbonyl (C=O) groups is 11. The lowest BCUT2D eigenvalue weighted by atomic mass is 9.97. The molecule has 0 bridgehead atoms. The quantitative estimate of drug-likeness (QED) is 0.0559. The number of aromatic nitrogens is 2. The zero-order valence-electron chi connectivity index (χ0n) is 46.6. The summed E-state index contributed by atoms with van der Waals surface area (Å²) in [5.41, 5.74) is 2.62. The van der Waals surface area contributed by atoms with E-state index in [0.717, 1.165) is 37.2 Å². The number of rotatable bonds is 23. The summed E-state index contributed by atoms with van der Waals surface area (Å²) < 4.78 is 0. The van der Waals surface area contributed by atoms with Crippen LogP contribution in [0.1, 0.15) is 112 Å². The topological polar surface area (TPSA) is 348 Å². The van der Waals surface area contributed by atoms with Gasteiger partial charge in [-0.15, -0.1) is 0 Å². The number of nitrogens with one attached hydrogen (secondary N) is 11. The minimum absolute atomic E-state index is 0.0159. The molecule has 5 heterocycles. The van der Waals surface area contributed by atoms with Gasteiger partial charge in [0.25, 0.3) is 11.1 Å². The summed E-state index contributed by atoms with van der Waals surface area (Å²) >= 11 is 5.15. The van der Waals surface area contributed by atoms with Crippen molar-refractivity contribution in [3.8, 4) is 0 Å². The molecule has 0 aliphatic carbocycles. The zero-order valence-corrected chi connectivity index (χ0v) is 47.4. The Hall–Kier alpha value is -7.08. The van der Waals surface area contributed by atoms with Gasteiger partial charge in [-0.05, 0) is 169 Å². The molecule has 2 aromatic rings. The minimum Gasteiger partial charge on any atom is -0.480 e. The van der Waals surface area contributed by atoms with Gasteiger partial charge in [0.05, 0.1) is 11.7 Å². The van der Waals surface area contributed by atoms with Crippen molar-refractivity contribution in [2.45, 2.75) is 130 Å². The van der Waals surface area contributed by atoms with E-state index in [-0.39, 0.29) is 88.7 Å². The number of hydrogen-bond acceptors (Lipinski definition) is 14. The fraction of sp³-hybridized carbons (Fsp3) is 0.537. The molecule has 3 fully saturated rings. The van der Waals surface area contributed by atoms with E-state index in [1.54, 1.807) is 77.4 Å². The lowest BCUT2D eigenvalue weighted by Gasteiger charge is -2.21. The highest BCUT2D eigenvalue weighted by Gasteiger charge is 2.30. The van der Waals surface area contributed by atoms with Crippen LogP contribution >= 0.6 is 11.6 Å². The fourth-order valence-electron chi connectivity index (χ4n) is 7.41. The number of H-pyrrole nitrogens is 2. The average Bonchev–Trinajstić information content (AvgIpc) is 4.26. The summed E-state index contributed by atoms with van der Waals surface area (Å²) in [5.74, 6) is -2.06. The molecular weight excluding hydrogens is 1030 g/mol. The number of ketones is 3. The summed E-state index contributed by atoms with van der Waals surface area (Å²) in [5, 5.41) is 32.8. The molecule has 12 N–H and O–H groups in total. The normalized spacial score (nSPS) is 18.8. The number of aryl methyl sites for hydroxylation is 2. The molecular formula is C54H82ClN11O12. The zero-order chi connectivity index (χ0) is 59.1. The van der Waals surface area contributed by atoms with Gasteiger partial charge < -0.3 is 62.9 Å². The van der Waals surface area contributed by atoms with Gasteiger partial charge in [0.1, 0.15) is 17.8 Å². The molecule has 78 heavy (non-hydrogen) atoms. The Morgan fingerprint density at radius 1 is 0.551 bits per heavy atom. The molecule has 0 unspecified atom stereocenters. The summed E-state index contributed by atoms with van der Waals surface area (Å²) in [4.78, 5) is 130. The van der Waals surface area contributed by atoms with Crippen LogP contribution in [-0.4, -0.2) is 156 Å². The summed E-state index contributed by atoms with van der Waals surface area (Å²) in [7, 11) is 5.15. The van der Waals surface area contributed by atoms with E-state index in [0.29, 0.717) is 43.7 Å². The first-order valence-electron chi connectivity index (χ1n) is 25.8. The molecule has 3 saturated heterocycles. The van der Waals surface area contributed by atoms with Gasteiger partial charge in [-0.1, -0.05) is 18.2 Å². The average molecular weight is 1110 g/mol. The molecule has 3 aliphatic heterocycles. The first kappa shape index (κ1) is 68.9. The van der Waals surface area contributed by atoms with Gasteiger partial charge in [-0.2, -0.15) is 0 Å². The number of allylic oxidation sites excluding steroid dienone is 3. The van der Waals surface area contributed by atoms with Crippen molar-refractivity contribution in [2.75, 3.05) is 40.8 Å². The van der Waals surface area contributed by atoms with E-state index in [1.165, 1.54) is 32.9 Å². The number of likely N-dealkylation sites (N-methyl/N-ethyl adjacent to an activating group) is 3. The number of amides is 6. The van der Waals surface area contributed by atoms with Crippen LogP contribution in [0.15, 0.2) is 60.7 Å². The predicted octanol–water partition coefficient (Wildman–Crippen LogP) is 1.97. The van der Waals surface area contributed by atoms with E-state index in [9.17, 15) is 52.7 Å². The van der Waals surface area contributed by atoms with E-state index in [1.807, 2.05) is 27.0 Å². The Morgan fingerprint density at radius 2 is 0.910 bits per heavy atom. The molecule has 3 aliphatic rings. The van der Waals surface area contributed by atoms with E-state index in [4.69, 9.17) is 16.7 Å². The second kappa shape index (κ2) is 36.9. The summed E-state index contributed by atoms with van der Waals surface area (Å²) in [6.07, 6.45) is 13.5.